The number of carbonyl (C=O) groups is 1. The van der Waals surface area contributed by atoms with Crippen LogP contribution >= 0.6 is 27.7 Å². The number of thioether (sulfide) groups is 1. The van der Waals surface area contributed by atoms with Crippen molar-refractivity contribution in [3.05, 3.63) is 28.7 Å². The highest BCUT2D eigenvalue weighted by molar-refractivity contribution is 9.10. The molecule has 0 spiro atoms. The predicted molar refractivity (Wildman–Crippen MR) is 83.9 cm³/mol. The quantitative estimate of drug-likeness (QED) is 0.875. The zero-order chi connectivity index (χ0) is 14.1. The molecule has 1 aliphatic rings. The first kappa shape index (κ1) is 14.7. The van der Waals surface area contributed by atoms with Crippen LogP contribution in [0.3, 0.4) is 0 Å². The molecule has 0 saturated carbocycles. The number of halogens is 1. The van der Waals surface area contributed by atoms with E-state index >= 15 is 0 Å². The molecule has 1 fully saturated rings. The Bertz CT molecular complexity index is 492. The van der Waals surface area contributed by atoms with Crippen molar-refractivity contribution in [3.8, 4) is 0 Å². The highest BCUT2D eigenvalue weighted by atomic mass is 79.9. The molecule has 0 aromatic heterocycles. The van der Waals surface area contributed by atoms with Crippen molar-refractivity contribution in [3.63, 3.8) is 0 Å². The van der Waals surface area contributed by atoms with Crippen molar-refractivity contribution in [1.29, 1.82) is 0 Å². The molecule has 1 unspecified atom stereocenters. The van der Waals surface area contributed by atoms with E-state index in [4.69, 9.17) is 0 Å². The molecule has 19 heavy (non-hydrogen) atoms. The van der Waals surface area contributed by atoms with Crippen LogP contribution in [0.15, 0.2) is 28.7 Å². The fourth-order valence-electron chi connectivity index (χ4n) is 2.36. The van der Waals surface area contributed by atoms with E-state index in [-0.39, 0.29) is 5.41 Å². The van der Waals surface area contributed by atoms with Gasteiger partial charge < -0.3 is 10.4 Å². The number of hydrogen-bond acceptors (Lipinski definition) is 3. The second-order valence-corrected chi connectivity index (χ2v) is 7.46. The highest BCUT2D eigenvalue weighted by Gasteiger charge is 2.53. The van der Waals surface area contributed by atoms with Gasteiger partial charge >= 0.3 is 5.97 Å². The number of carboxylic acid groups (broad SMARTS) is 1. The second kappa shape index (κ2) is 5.37. The lowest BCUT2D eigenvalue weighted by molar-refractivity contribution is -0.145. The van der Waals surface area contributed by atoms with Crippen molar-refractivity contribution in [2.24, 2.45) is 5.41 Å². The molecule has 1 heterocycles. The average Bonchev–Trinajstić information content (AvgIpc) is 2.34. The molecule has 0 radical (unpaired) electrons. The second-order valence-electron chi connectivity index (χ2n) is 5.50. The number of rotatable bonds is 3. The van der Waals surface area contributed by atoms with Gasteiger partial charge in [0.15, 0.2) is 0 Å². The molecule has 1 saturated heterocycles. The Morgan fingerprint density at radius 2 is 2.11 bits per heavy atom. The lowest BCUT2D eigenvalue weighted by Gasteiger charge is -2.47. The van der Waals surface area contributed by atoms with E-state index < -0.39 is 11.5 Å². The Hall–Kier alpha value is -0.680. The minimum Gasteiger partial charge on any atom is -0.479 e. The number of benzene rings is 1. The average molecular weight is 344 g/mol. The topological polar surface area (TPSA) is 49.3 Å². The van der Waals surface area contributed by atoms with Crippen molar-refractivity contribution in [2.75, 3.05) is 16.8 Å². The number of hydrogen-bond donors (Lipinski definition) is 2. The summed E-state index contributed by atoms with van der Waals surface area (Å²) < 4.78 is 0.891. The van der Waals surface area contributed by atoms with Crippen LogP contribution in [0.25, 0.3) is 0 Å². The molecule has 2 N–H and O–H groups in total. The molecule has 104 valence electrons. The van der Waals surface area contributed by atoms with Crippen LogP contribution in [0.2, 0.25) is 0 Å². The van der Waals surface area contributed by atoms with Crippen LogP contribution in [0.1, 0.15) is 20.3 Å². The monoisotopic (exact) mass is 343 g/mol. The first-order valence-electron chi connectivity index (χ1n) is 6.23. The Morgan fingerprint density at radius 1 is 1.42 bits per heavy atom. The predicted octanol–water partition coefficient (Wildman–Crippen LogP) is 3.85. The van der Waals surface area contributed by atoms with Gasteiger partial charge in [0.1, 0.15) is 5.54 Å². The summed E-state index contributed by atoms with van der Waals surface area (Å²) in [5.74, 6) is 0.816. The number of nitrogens with one attached hydrogen (secondary N) is 1. The van der Waals surface area contributed by atoms with Crippen LogP contribution < -0.4 is 5.32 Å². The molecule has 1 atom stereocenters. The Balaban J connectivity index is 2.41. The van der Waals surface area contributed by atoms with E-state index in [1.165, 1.54) is 0 Å². The molecular formula is C14H18BrNO2S. The van der Waals surface area contributed by atoms with Crippen LogP contribution in [0.5, 0.6) is 0 Å². The molecule has 0 bridgehead atoms. The van der Waals surface area contributed by atoms with Crippen molar-refractivity contribution < 1.29 is 9.90 Å². The summed E-state index contributed by atoms with van der Waals surface area (Å²) in [5, 5.41) is 13.1. The van der Waals surface area contributed by atoms with Gasteiger partial charge in [0.25, 0.3) is 0 Å². The first-order valence-corrected chi connectivity index (χ1v) is 8.18. The van der Waals surface area contributed by atoms with Crippen LogP contribution in [0, 0.1) is 5.41 Å². The number of para-hydroxylation sites is 1. The lowest BCUT2D eigenvalue weighted by atomic mass is 9.70. The van der Waals surface area contributed by atoms with Crippen LogP contribution in [-0.4, -0.2) is 28.1 Å². The SMILES string of the molecule is CC1(C)CCSCC1(Nc1ccccc1Br)C(=O)O. The summed E-state index contributed by atoms with van der Waals surface area (Å²) >= 11 is 5.17. The van der Waals surface area contributed by atoms with Crippen molar-refractivity contribution >= 4 is 39.3 Å². The summed E-state index contributed by atoms with van der Waals surface area (Å²) in [7, 11) is 0. The normalized spacial score (nSPS) is 25.8. The Morgan fingerprint density at radius 3 is 2.68 bits per heavy atom. The number of carboxylic acids is 1. The number of anilines is 1. The van der Waals surface area contributed by atoms with E-state index in [9.17, 15) is 9.90 Å². The standard InChI is InChI=1S/C14H18BrNO2S/c1-13(2)7-8-19-9-14(13,12(17)18)16-11-6-4-3-5-10(11)15/h3-6,16H,7-9H2,1-2H3,(H,17,18). The third-order valence-electron chi connectivity index (χ3n) is 3.93. The van der Waals surface area contributed by atoms with Gasteiger partial charge in [-0.3, -0.25) is 0 Å². The maximum Gasteiger partial charge on any atom is 0.330 e. The van der Waals surface area contributed by atoms with Crippen LogP contribution in [0.4, 0.5) is 5.69 Å². The van der Waals surface area contributed by atoms with Crippen molar-refractivity contribution in [1.82, 2.24) is 0 Å². The van der Waals surface area contributed by atoms with Crippen LogP contribution in [-0.2, 0) is 4.79 Å². The molecule has 0 amide bonds. The van der Waals surface area contributed by atoms with Gasteiger partial charge in [-0.1, -0.05) is 26.0 Å². The third-order valence-corrected chi connectivity index (χ3v) is 5.75. The fraction of sp³-hybridized carbons (Fsp3) is 0.500. The van der Waals surface area contributed by atoms with Gasteiger partial charge in [-0.05, 0) is 40.2 Å². The minimum absolute atomic E-state index is 0.292. The van der Waals surface area contributed by atoms with E-state index in [1.54, 1.807) is 11.8 Å². The van der Waals surface area contributed by atoms with Gasteiger partial charge in [0, 0.05) is 21.3 Å². The van der Waals surface area contributed by atoms with E-state index in [1.807, 2.05) is 38.1 Å². The van der Waals surface area contributed by atoms with Gasteiger partial charge in [-0.15, -0.1) is 0 Å². The summed E-state index contributed by atoms with van der Waals surface area (Å²) in [6.45, 7) is 4.06. The molecule has 2 rings (SSSR count). The molecule has 0 aliphatic carbocycles. The smallest absolute Gasteiger partial charge is 0.330 e. The third kappa shape index (κ3) is 2.63. The molecule has 5 heteroatoms. The summed E-state index contributed by atoms with van der Waals surface area (Å²) in [4.78, 5) is 11.9. The Labute approximate surface area is 126 Å². The maximum absolute atomic E-state index is 11.9. The maximum atomic E-state index is 11.9. The first-order chi connectivity index (χ1) is 8.89. The van der Waals surface area contributed by atoms with Gasteiger partial charge in [-0.25, -0.2) is 4.79 Å². The van der Waals surface area contributed by atoms with Gasteiger partial charge in [0.2, 0.25) is 0 Å². The van der Waals surface area contributed by atoms with Gasteiger partial charge in [-0.2, -0.15) is 11.8 Å². The lowest BCUT2D eigenvalue weighted by Crippen LogP contribution is -2.61. The molecule has 1 aromatic rings. The Kier molecular flexibility index (Phi) is 4.16. The van der Waals surface area contributed by atoms with Gasteiger partial charge in [0.05, 0.1) is 0 Å². The van der Waals surface area contributed by atoms with E-state index in [0.29, 0.717) is 5.75 Å². The molecule has 3 nitrogen and oxygen atoms in total. The van der Waals surface area contributed by atoms with E-state index in [2.05, 4.69) is 21.2 Å². The molecular weight excluding hydrogens is 326 g/mol. The minimum atomic E-state index is -0.931. The molecule has 1 aromatic carbocycles. The largest absolute Gasteiger partial charge is 0.479 e. The zero-order valence-electron chi connectivity index (χ0n) is 11.1. The molecule has 1 aliphatic heterocycles. The fourth-order valence-corrected chi connectivity index (χ4v) is 4.44. The van der Waals surface area contributed by atoms with E-state index in [0.717, 1.165) is 22.3 Å². The zero-order valence-corrected chi connectivity index (χ0v) is 13.5. The number of aliphatic carboxylic acids is 1. The summed E-state index contributed by atoms with van der Waals surface area (Å²) in [6, 6.07) is 7.65. The highest BCUT2D eigenvalue weighted by Crippen LogP contribution is 2.45. The summed E-state index contributed by atoms with van der Waals surface area (Å²) in [6.07, 6.45) is 0.890. The van der Waals surface area contributed by atoms with Crippen molar-refractivity contribution in [2.45, 2.75) is 25.8 Å². The summed E-state index contributed by atoms with van der Waals surface area (Å²) in [5.41, 5.74) is -0.389.